The van der Waals surface area contributed by atoms with Crippen LogP contribution >= 0.6 is 27.5 Å². The summed E-state index contributed by atoms with van der Waals surface area (Å²) in [7, 11) is 0. The fraction of sp³-hybridized carbons (Fsp3) is 0. The van der Waals surface area contributed by atoms with E-state index in [1.54, 1.807) is 12.1 Å². The number of hydrogen-bond donors (Lipinski definition) is 1. The zero-order chi connectivity index (χ0) is 12.4. The first-order valence-electron chi connectivity index (χ1n) is 4.59. The van der Waals surface area contributed by atoms with Gasteiger partial charge in [-0.15, -0.1) is 0 Å². The summed E-state index contributed by atoms with van der Waals surface area (Å²) in [6, 6.07) is 5.32. The van der Waals surface area contributed by atoms with Gasteiger partial charge in [-0.1, -0.05) is 11.6 Å². The monoisotopic (exact) mass is 318 g/mol. The molecule has 1 aromatic carbocycles. The van der Waals surface area contributed by atoms with Gasteiger partial charge in [0.05, 0.1) is 15.2 Å². The third-order valence-corrected chi connectivity index (χ3v) is 2.83. The van der Waals surface area contributed by atoms with Crippen molar-refractivity contribution in [3.63, 3.8) is 0 Å². The van der Waals surface area contributed by atoms with Gasteiger partial charge in [0, 0.05) is 12.3 Å². The summed E-state index contributed by atoms with van der Waals surface area (Å²) in [6.07, 6.45) is 1.43. The topological polar surface area (TPSA) is 24.9 Å². The van der Waals surface area contributed by atoms with Crippen molar-refractivity contribution in [2.45, 2.75) is 0 Å². The Labute approximate surface area is 110 Å². The number of nitrogens with zero attached hydrogens (tertiary/aromatic N) is 1. The summed E-state index contributed by atoms with van der Waals surface area (Å²) in [5.74, 6) is -0.925. The highest BCUT2D eigenvalue weighted by atomic mass is 79.9. The van der Waals surface area contributed by atoms with E-state index < -0.39 is 11.6 Å². The molecule has 1 aromatic heterocycles. The second kappa shape index (κ2) is 4.98. The van der Waals surface area contributed by atoms with Crippen LogP contribution in [0.1, 0.15) is 0 Å². The van der Waals surface area contributed by atoms with Crippen LogP contribution in [0.3, 0.4) is 0 Å². The van der Waals surface area contributed by atoms with Crippen molar-refractivity contribution in [2.24, 2.45) is 0 Å². The molecule has 0 spiro atoms. The molecule has 0 saturated carbocycles. The molecule has 0 unspecified atom stereocenters. The van der Waals surface area contributed by atoms with E-state index in [-0.39, 0.29) is 10.2 Å². The van der Waals surface area contributed by atoms with Gasteiger partial charge >= 0.3 is 0 Å². The fourth-order valence-corrected chi connectivity index (χ4v) is 1.66. The number of aromatic nitrogens is 1. The second-order valence-electron chi connectivity index (χ2n) is 3.23. The minimum atomic E-state index is -0.692. The highest BCUT2D eigenvalue weighted by molar-refractivity contribution is 9.10. The molecule has 0 amide bonds. The smallest absolute Gasteiger partial charge is 0.149 e. The molecule has 1 heterocycles. The quantitative estimate of drug-likeness (QED) is 0.823. The van der Waals surface area contributed by atoms with Crippen LogP contribution in [0.4, 0.5) is 20.3 Å². The van der Waals surface area contributed by atoms with Crippen LogP contribution in [0, 0.1) is 11.6 Å². The number of benzene rings is 1. The van der Waals surface area contributed by atoms with Gasteiger partial charge in [0.1, 0.15) is 17.5 Å². The Bertz CT molecular complexity index is 546. The first-order chi connectivity index (χ1) is 8.06. The average Bonchev–Trinajstić information content (AvgIpc) is 2.29. The Balaban J connectivity index is 2.30. The zero-order valence-corrected chi connectivity index (χ0v) is 10.7. The molecule has 0 aliphatic heterocycles. The molecule has 6 heteroatoms. The van der Waals surface area contributed by atoms with Crippen molar-refractivity contribution in [2.75, 3.05) is 5.32 Å². The molecule has 0 atom stereocenters. The maximum atomic E-state index is 13.4. The van der Waals surface area contributed by atoms with Gasteiger partial charge in [0.25, 0.3) is 0 Å². The molecule has 88 valence electrons. The minimum absolute atomic E-state index is 0.132. The van der Waals surface area contributed by atoms with Crippen molar-refractivity contribution < 1.29 is 8.78 Å². The SMILES string of the molecule is Fc1cc(F)c(Nc2ccc(Cl)cn2)cc1Br. The highest BCUT2D eigenvalue weighted by Crippen LogP contribution is 2.26. The number of rotatable bonds is 2. The molecule has 0 aliphatic rings. The lowest BCUT2D eigenvalue weighted by Crippen LogP contribution is -1.97. The minimum Gasteiger partial charge on any atom is -0.338 e. The van der Waals surface area contributed by atoms with Crippen LogP contribution in [-0.4, -0.2) is 4.98 Å². The third kappa shape index (κ3) is 2.92. The van der Waals surface area contributed by atoms with E-state index in [4.69, 9.17) is 11.6 Å². The van der Waals surface area contributed by atoms with E-state index in [0.717, 1.165) is 6.07 Å². The van der Waals surface area contributed by atoms with Crippen LogP contribution in [-0.2, 0) is 0 Å². The number of pyridine rings is 1. The van der Waals surface area contributed by atoms with Gasteiger partial charge in [0.15, 0.2) is 0 Å². The fourth-order valence-electron chi connectivity index (χ4n) is 1.21. The number of anilines is 2. The lowest BCUT2D eigenvalue weighted by Gasteiger charge is -2.07. The molecule has 1 N–H and O–H groups in total. The van der Waals surface area contributed by atoms with Gasteiger partial charge in [-0.05, 0) is 34.1 Å². The van der Waals surface area contributed by atoms with Crippen LogP contribution in [0.2, 0.25) is 5.02 Å². The highest BCUT2D eigenvalue weighted by Gasteiger charge is 2.08. The van der Waals surface area contributed by atoms with E-state index in [2.05, 4.69) is 26.2 Å². The maximum absolute atomic E-state index is 13.4. The van der Waals surface area contributed by atoms with Crippen molar-refractivity contribution in [3.8, 4) is 0 Å². The number of halogens is 4. The molecule has 2 aromatic rings. The summed E-state index contributed by atoms with van der Waals surface area (Å²) in [5, 5.41) is 3.21. The summed E-state index contributed by atoms with van der Waals surface area (Å²) in [5.41, 5.74) is 0.132. The summed E-state index contributed by atoms with van der Waals surface area (Å²) < 4.78 is 26.6. The first-order valence-corrected chi connectivity index (χ1v) is 5.76. The average molecular weight is 320 g/mol. The van der Waals surface area contributed by atoms with E-state index >= 15 is 0 Å². The van der Waals surface area contributed by atoms with Crippen molar-refractivity contribution in [1.82, 2.24) is 4.98 Å². The molecular weight excluding hydrogens is 313 g/mol. The molecule has 0 aliphatic carbocycles. The van der Waals surface area contributed by atoms with E-state index in [1.807, 2.05) is 0 Å². The van der Waals surface area contributed by atoms with Crippen LogP contribution < -0.4 is 5.32 Å². The second-order valence-corrected chi connectivity index (χ2v) is 4.52. The van der Waals surface area contributed by atoms with Crippen LogP contribution in [0.25, 0.3) is 0 Å². The van der Waals surface area contributed by atoms with Crippen molar-refractivity contribution in [3.05, 3.63) is 51.6 Å². The Morgan fingerprint density at radius 2 is 1.94 bits per heavy atom. The molecule has 0 saturated heterocycles. The lowest BCUT2D eigenvalue weighted by atomic mass is 10.3. The zero-order valence-electron chi connectivity index (χ0n) is 8.35. The molecule has 2 nitrogen and oxygen atoms in total. The van der Waals surface area contributed by atoms with Gasteiger partial charge in [-0.3, -0.25) is 0 Å². The molecular formula is C11H6BrClF2N2. The van der Waals surface area contributed by atoms with Gasteiger partial charge in [-0.25, -0.2) is 13.8 Å². The standard InChI is InChI=1S/C11H6BrClF2N2/c12-7-3-10(9(15)4-8(7)14)17-11-2-1-6(13)5-16-11/h1-5H,(H,16,17). The predicted octanol–water partition coefficient (Wildman–Crippen LogP) is 4.52. The molecule has 2 rings (SSSR count). The third-order valence-electron chi connectivity index (χ3n) is 2.00. The van der Waals surface area contributed by atoms with Crippen molar-refractivity contribution >= 4 is 39.0 Å². The van der Waals surface area contributed by atoms with E-state index in [9.17, 15) is 8.78 Å². The Kier molecular flexibility index (Phi) is 3.59. The molecule has 0 bridgehead atoms. The maximum Gasteiger partial charge on any atom is 0.149 e. The van der Waals surface area contributed by atoms with Crippen LogP contribution in [0.5, 0.6) is 0 Å². The molecule has 0 fully saturated rings. The van der Waals surface area contributed by atoms with Gasteiger partial charge < -0.3 is 5.32 Å². The normalized spacial score (nSPS) is 10.4. The van der Waals surface area contributed by atoms with Crippen molar-refractivity contribution in [1.29, 1.82) is 0 Å². The largest absolute Gasteiger partial charge is 0.338 e. The Hall–Kier alpha value is -1.20. The van der Waals surface area contributed by atoms with Gasteiger partial charge in [0.2, 0.25) is 0 Å². The van der Waals surface area contributed by atoms with E-state index in [0.29, 0.717) is 10.8 Å². The molecule has 0 radical (unpaired) electrons. The first kappa shape index (κ1) is 12.3. The van der Waals surface area contributed by atoms with Crippen LogP contribution in [0.15, 0.2) is 34.9 Å². The summed E-state index contributed by atoms with van der Waals surface area (Å²) >= 11 is 8.65. The van der Waals surface area contributed by atoms with E-state index in [1.165, 1.54) is 12.3 Å². The lowest BCUT2D eigenvalue weighted by molar-refractivity contribution is 0.581. The summed E-state index contributed by atoms with van der Waals surface area (Å²) in [6.45, 7) is 0. The van der Waals surface area contributed by atoms with Gasteiger partial charge in [-0.2, -0.15) is 0 Å². The number of hydrogen-bond acceptors (Lipinski definition) is 2. The predicted molar refractivity (Wildman–Crippen MR) is 66.6 cm³/mol. The summed E-state index contributed by atoms with van der Waals surface area (Å²) in [4.78, 5) is 3.95. The number of nitrogens with one attached hydrogen (secondary N) is 1. The molecule has 17 heavy (non-hydrogen) atoms. The Morgan fingerprint density at radius 1 is 1.18 bits per heavy atom. The Morgan fingerprint density at radius 3 is 2.59 bits per heavy atom.